The van der Waals surface area contributed by atoms with Gasteiger partial charge in [-0.1, -0.05) is 6.07 Å². The van der Waals surface area contributed by atoms with Crippen LogP contribution in [0.2, 0.25) is 0 Å². The summed E-state index contributed by atoms with van der Waals surface area (Å²) in [4.78, 5) is 10.5. The zero-order valence-electron chi connectivity index (χ0n) is 7.12. The summed E-state index contributed by atoms with van der Waals surface area (Å²) in [6.07, 6.45) is 0.591. The number of rotatable bonds is 4. The number of benzene rings is 1. The first-order chi connectivity index (χ1) is 6.33. The highest BCUT2D eigenvalue weighted by Gasteiger charge is 2.08. The van der Waals surface area contributed by atoms with Gasteiger partial charge in [-0.25, -0.2) is 4.39 Å². The standard InChI is InChI=1S/C9H9FO3/c1-12-8-4-2-3-7(5-11)9(8)13-6-10/h2-5H,6H2,1H3. The molecule has 0 radical (unpaired) electrons. The molecule has 1 aromatic carbocycles. The second-order valence-electron chi connectivity index (χ2n) is 2.25. The molecule has 1 rings (SSSR count). The van der Waals surface area contributed by atoms with Crippen molar-refractivity contribution in [3.8, 4) is 11.5 Å². The number of carbonyl (C=O) groups is 1. The average molecular weight is 184 g/mol. The van der Waals surface area contributed by atoms with Gasteiger partial charge in [0.2, 0.25) is 6.86 Å². The Bertz CT molecular complexity index is 299. The Morgan fingerprint density at radius 1 is 1.54 bits per heavy atom. The third kappa shape index (κ3) is 1.96. The largest absolute Gasteiger partial charge is 0.493 e. The Morgan fingerprint density at radius 2 is 2.31 bits per heavy atom. The second kappa shape index (κ2) is 4.45. The Balaban J connectivity index is 3.12. The smallest absolute Gasteiger partial charge is 0.228 e. The SMILES string of the molecule is COc1cccc(C=O)c1OCF. The van der Waals surface area contributed by atoms with Gasteiger partial charge in [0.25, 0.3) is 0 Å². The van der Waals surface area contributed by atoms with E-state index in [4.69, 9.17) is 4.74 Å². The lowest BCUT2D eigenvalue weighted by Gasteiger charge is -2.08. The van der Waals surface area contributed by atoms with Crippen LogP contribution < -0.4 is 9.47 Å². The number of hydrogen-bond acceptors (Lipinski definition) is 3. The van der Waals surface area contributed by atoms with Crippen molar-refractivity contribution in [2.45, 2.75) is 0 Å². The average Bonchev–Trinajstić information content (AvgIpc) is 2.18. The molecule has 0 heterocycles. The normalized spacial score (nSPS) is 9.38. The molecule has 0 N–H and O–H groups in total. The molecule has 0 aliphatic rings. The van der Waals surface area contributed by atoms with Crippen LogP contribution in [0.25, 0.3) is 0 Å². The maximum absolute atomic E-state index is 11.9. The van der Waals surface area contributed by atoms with Crippen LogP contribution in [0.4, 0.5) is 4.39 Å². The Hall–Kier alpha value is -1.58. The molecule has 70 valence electrons. The quantitative estimate of drug-likeness (QED) is 0.669. The number of halogens is 1. The highest BCUT2D eigenvalue weighted by Crippen LogP contribution is 2.29. The van der Waals surface area contributed by atoms with E-state index in [1.165, 1.54) is 13.2 Å². The van der Waals surface area contributed by atoms with Crippen LogP contribution in [-0.4, -0.2) is 20.3 Å². The maximum Gasteiger partial charge on any atom is 0.228 e. The van der Waals surface area contributed by atoms with E-state index >= 15 is 0 Å². The monoisotopic (exact) mass is 184 g/mol. The van der Waals surface area contributed by atoms with Crippen molar-refractivity contribution in [2.75, 3.05) is 14.0 Å². The lowest BCUT2D eigenvalue weighted by molar-refractivity contribution is 0.111. The molecule has 13 heavy (non-hydrogen) atoms. The van der Waals surface area contributed by atoms with Crippen LogP contribution in [0.5, 0.6) is 11.5 Å². The first-order valence-corrected chi connectivity index (χ1v) is 3.64. The molecule has 0 saturated carbocycles. The van der Waals surface area contributed by atoms with E-state index < -0.39 is 6.86 Å². The number of aldehydes is 1. The fourth-order valence-corrected chi connectivity index (χ4v) is 0.995. The molecular formula is C9H9FO3. The summed E-state index contributed by atoms with van der Waals surface area (Å²) < 4.78 is 21.4. The van der Waals surface area contributed by atoms with Crippen LogP contribution in [-0.2, 0) is 0 Å². The summed E-state index contributed by atoms with van der Waals surface area (Å²) in [5, 5.41) is 0. The van der Waals surface area contributed by atoms with Gasteiger partial charge in [-0.2, -0.15) is 0 Å². The number of methoxy groups -OCH3 is 1. The minimum atomic E-state index is -0.985. The van der Waals surface area contributed by atoms with Crippen molar-refractivity contribution < 1.29 is 18.7 Å². The van der Waals surface area contributed by atoms with Crippen LogP contribution in [0.15, 0.2) is 18.2 Å². The minimum absolute atomic E-state index is 0.141. The zero-order chi connectivity index (χ0) is 9.68. The van der Waals surface area contributed by atoms with Crippen molar-refractivity contribution in [1.82, 2.24) is 0 Å². The summed E-state index contributed by atoms with van der Waals surface area (Å²) in [6, 6.07) is 4.76. The summed E-state index contributed by atoms with van der Waals surface area (Å²) in [7, 11) is 1.43. The number of ether oxygens (including phenoxy) is 2. The van der Waals surface area contributed by atoms with Crippen molar-refractivity contribution in [1.29, 1.82) is 0 Å². The Labute approximate surface area is 75.1 Å². The molecule has 0 aliphatic carbocycles. The molecule has 4 heteroatoms. The molecule has 0 unspecified atom stereocenters. The zero-order valence-corrected chi connectivity index (χ0v) is 7.12. The molecule has 0 aliphatic heterocycles. The van der Waals surface area contributed by atoms with E-state index in [0.29, 0.717) is 12.0 Å². The Kier molecular flexibility index (Phi) is 3.25. The van der Waals surface area contributed by atoms with E-state index in [1.54, 1.807) is 12.1 Å². The summed E-state index contributed by atoms with van der Waals surface area (Å²) >= 11 is 0. The Morgan fingerprint density at radius 3 is 2.85 bits per heavy atom. The van der Waals surface area contributed by atoms with Crippen molar-refractivity contribution >= 4 is 6.29 Å². The molecule has 0 bridgehead atoms. The third-order valence-electron chi connectivity index (χ3n) is 1.56. The van der Waals surface area contributed by atoms with Gasteiger partial charge >= 0.3 is 0 Å². The topological polar surface area (TPSA) is 35.5 Å². The first-order valence-electron chi connectivity index (χ1n) is 3.64. The van der Waals surface area contributed by atoms with Gasteiger partial charge in [0, 0.05) is 0 Å². The third-order valence-corrected chi connectivity index (χ3v) is 1.56. The number of alkyl halides is 1. The number of para-hydroxylation sites is 1. The van der Waals surface area contributed by atoms with Crippen LogP contribution in [0.1, 0.15) is 10.4 Å². The number of hydrogen-bond donors (Lipinski definition) is 0. The maximum atomic E-state index is 11.9. The van der Waals surface area contributed by atoms with Gasteiger partial charge in [0.05, 0.1) is 12.7 Å². The first kappa shape index (κ1) is 9.51. The molecule has 1 aromatic rings. The highest BCUT2D eigenvalue weighted by atomic mass is 19.1. The summed E-state index contributed by atoms with van der Waals surface area (Å²) in [6.45, 7) is -0.985. The van der Waals surface area contributed by atoms with Crippen LogP contribution in [0.3, 0.4) is 0 Å². The van der Waals surface area contributed by atoms with Gasteiger partial charge in [-0.3, -0.25) is 4.79 Å². The second-order valence-corrected chi connectivity index (χ2v) is 2.25. The lowest BCUT2D eigenvalue weighted by atomic mass is 10.2. The molecule has 0 saturated heterocycles. The van der Waals surface area contributed by atoms with Gasteiger partial charge in [0.1, 0.15) is 0 Å². The highest BCUT2D eigenvalue weighted by molar-refractivity contribution is 5.81. The fourth-order valence-electron chi connectivity index (χ4n) is 0.995. The van der Waals surface area contributed by atoms with Gasteiger partial charge in [-0.15, -0.1) is 0 Å². The molecule has 0 fully saturated rings. The predicted octanol–water partition coefficient (Wildman–Crippen LogP) is 1.81. The van der Waals surface area contributed by atoms with Gasteiger partial charge < -0.3 is 9.47 Å². The molecular weight excluding hydrogens is 175 g/mol. The van der Waals surface area contributed by atoms with Crippen molar-refractivity contribution in [2.24, 2.45) is 0 Å². The molecule has 0 atom stereocenters. The van der Waals surface area contributed by atoms with Crippen LogP contribution in [0, 0.1) is 0 Å². The lowest BCUT2D eigenvalue weighted by Crippen LogP contribution is -1.98. The summed E-state index contributed by atoms with van der Waals surface area (Å²) in [5.74, 6) is 0.491. The van der Waals surface area contributed by atoms with Crippen molar-refractivity contribution in [3.63, 3.8) is 0 Å². The summed E-state index contributed by atoms with van der Waals surface area (Å²) in [5.41, 5.74) is 0.275. The van der Waals surface area contributed by atoms with Crippen molar-refractivity contribution in [3.05, 3.63) is 23.8 Å². The van der Waals surface area contributed by atoms with E-state index in [-0.39, 0.29) is 11.3 Å². The minimum Gasteiger partial charge on any atom is -0.493 e. The molecule has 0 aromatic heterocycles. The predicted molar refractivity (Wildman–Crippen MR) is 45.0 cm³/mol. The van der Waals surface area contributed by atoms with Crippen LogP contribution >= 0.6 is 0 Å². The van der Waals surface area contributed by atoms with E-state index in [0.717, 1.165) is 0 Å². The van der Waals surface area contributed by atoms with E-state index in [9.17, 15) is 9.18 Å². The van der Waals surface area contributed by atoms with Gasteiger partial charge in [0.15, 0.2) is 17.8 Å². The number of carbonyl (C=O) groups excluding carboxylic acids is 1. The fraction of sp³-hybridized carbons (Fsp3) is 0.222. The molecule has 0 spiro atoms. The van der Waals surface area contributed by atoms with Gasteiger partial charge in [-0.05, 0) is 12.1 Å². The molecule has 3 nitrogen and oxygen atoms in total. The van der Waals surface area contributed by atoms with E-state index in [2.05, 4.69) is 4.74 Å². The molecule has 0 amide bonds. The van der Waals surface area contributed by atoms with E-state index in [1.807, 2.05) is 0 Å².